The van der Waals surface area contributed by atoms with Crippen LogP contribution in [0.1, 0.15) is 16.7 Å². The van der Waals surface area contributed by atoms with E-state index in [4.69, 9.17) is 21.7 Å². The van der Waals surface area contributed by atoms with E-state index in [0.29, 0.717) is 5.11 Å². The molecule has 0 bridgehead atoms. The largest absolute Gasteiger partial charge is 0.493 e. The molecule has 0 aliphatic rings. The van der Waals surface area contributed by atoms with Crippen LogP contribution in [0, 0.1) is 6.92 Å². The van der Waals surface area contributed by atoms with Gasteiger partial charge in [-0.15, -0.1) is 0 Å². The highest BCUT2D eigenvalue weighted by molar-refractivity contribution is 7.80. The minimum atomic E-state index is 0.663. The second-order valence-corrected chi connectivity index (χ2v) is 5.94. The van der Waals surface area contributed by atoms with Gasteiger partial charge in [0.25, 0.3) is 0 Å². The molecule has 5 heteroatoms. The third-order valence-corrected chi connectivity index (χ3v) is 4.01. The van der Waals surface area contributed by atoms with Crippen molar-refractivity contribution in [3.05, 3.63) is 59.2 Å². The maximum Gasteiger partial charge on any atom is 0.166 e. The molecule has 2 rings (SSSR count). The average Bonchev–Trinajstić information content (AvgIpc) is 2.61. The number of rotatable bonds is 7. The van der Waals surface area contributed by atoms with Crippen LogP contribution >= 0.6 is 12.2 Å². The molecule has 0 amide bonds. The lowest BCUT2D eigenvalue weighted by Crippen LogP contribution is -2.35. The number of aryl methyl sites for hydroxylation is 1. The molecule has 128 valence electrons. The van der Waals surface area contributed by atoms with E-state index in [9.17, 15) is 0 Å². The zero-order valence-corrected chi connectivity index (χ0v) is 15.2. The van der Waals surface area contributed by atoms with Gasteiger partial charge in [-0.05, 0) is 48.8 Å². The molecule has 2 aromatic rings. The van der Waals surface area contributed by atoms with Gasteiger partial charge in [-0.2, -0.15) is 0 Å². The molecule has 0 saturated carbocycles. The van der Waals surface area contributed by atoms with Gasteiger partial charge in [-0.25, -0.2) is 0 Å². The third-order valence-electron chi connectivity index (χ3n) is 3.72. The second-order valence-electron chi connectivity index (χ2n) is 5.53. The molecule has 0 saturated heterocycles. The first kappa shape index (κ1) is 18.1. The van der Waals surface area contributed by atoms with E-state index in [-0.39, 0.29) is 0 Å². The summed E-state index contributed by atoms with van der Waals surface area (Å²) in [7, 11) is 3.28. The predicted octanol–water partition coefficient (Wildman–Crippen LogP) is 3.22. The summed E-state index contributed by atoms with van der Waals surface area (Å²) in [6, 6.07) is 14.4. The molecule has 0 aliphatic carbocycles. The fourth-order valence-corrected chi connectivity index (χ4v) is 2.48. The smallest absolute Gasteiger partial charge is 0.166 e. The molecule has 0 aliphatic heterocycles. The van der Waals surface area contributed by atoms with Crippen LogP contribution in [-0.2, 0) is 13.0 Å². The van der Waals surface area contributed by atoms with Crippen LogP contribution in [0.25, 0.3) is 0 Å². The van der Waals surface area contributed by atoms with Gasteiger partial charge in [0.2, 0.25) is 0 Å². The summed E-state index contributed by atoms with van der Waals surface area (Å²) in [6.07, 6.45) is 0.854. The molecule has 0 unspecified atom stereocenters. The summed E-state index contributed by atoms with van der Waals surface area (Å²) in [5, 5.41) is 7.11. The Balaban J connectivity index is 1.75. The molecule has 2 N–H and O–H groups in total. The van der Waals surface area contributed by atoms with E-state index in [1.807, 2.05) is 18.2 Å². The van der Waals surface area contributed by atoms with Gasteiger partial charge in [0, 0.05) is 13.1 Å². The van der Waals surface area contributed by atoms with Crippen molar-refractivity contribution in [2.24, 2.45) is 0 Å². The van der Waals surface area contributed by atoms with Gasteiger partial charge >= 0.3 is 0 Å². The predicted molar refractivity (Wildman–Crippen MR) is 102 cm³/mol. The fourth-order valence-electron chi connectivity index (χ4n) is 2.31. The molecular formula is C19H24N2O2S. The van der Waals surface area contributed by atoms with Crippen LogP contribution in [0.2, 0.25) is 0 Å². The van der Waals surface area contributed by atoms with Crippen molar-refractivity contribution in [1.82, 2.24) is 10.6 Å². The highest BCUT2D eigenvalue weighted by Crippen LogP contribution is 2.27. The monoisotopic (exact) mass is 344 g/mol. The van der Waals surface area contributed by atoms with Crippen LogP contribution in [-0.4, -0.2) is 25.9 Å². The van der Waals surface area contributed by atoms with E-state index in [1.54, 1.807) is 14.2 Å². The van der Waals surface area contributed by atoms with Crippen molar-refractivity contribution in [3.8, 4) is 11.5 Å². The molecule has 24 heavy (non-hydrogen) atoms. The Labute approximate surface area is 149 Å². The Bertz CT molecular complexity index is 672. The first-order valence-corrected chi connectivity index (χ1v) is 8.31. The Morgan fingerprint density at radius 2 is 1.58 bits per heavy atom. The third kappa shape index (κ3) is 5.42. The van der Waals surface area contributed by atoms with Crippen LogP contribution in [0.3, 0.4) is 0 Å². The van der Waals surface area contributed by atoms with Gasteiger partial charge in [0.15, 0.2) is 16.6 Å². The highest BCUT2D eigenvalue weighted by atomic mass is 32.1. The molecule has 0 heterocycles. The van der Waals surface area contributed by atoms with Crippen molar-refractivity contribution in [2.75, 3.05) is 20.8 Å². The lowest BCUT2D eigenvalue weighted by Gasteiger charge is -2.12. The molecule has 0 atom stereocenters. The minimum Gasteiger partial charge on any atom is -0.493 e. The second kappa shape index (κ2) is 9.13. The normalized spacial score (nSPS) is 10.1. The van der Waals surface area contributed by atoms with Gasteiger partial charge in [-0.3, -0.25) is 0 Å². The first-order valence-electron chi connectivity index (χ1n) is 7.90. The van der Waals surface area contributed by atoms with E-state index in [0.717, 1.165) is 31.0 Å². The lowest BCUT2D eigenvalue weighted by molar-refractivity contribution is 0.354. The van der Waals surface area contributed by atoms with Crippen molar-refractivity contribution >= 4 is 17.3 Å². The maximum absolute atomic E-state index is 5.32. The Morgan fingerprint density at radius 3 is 2.25 bits per heavy atom. The van der Waals surface area contributed by atoms with E-state index >= 15 is 0 Å². The number of thiocarbonyl (C=S) groups is 1. The zero-order valence-electron chi connectivity index (χ0n) is 14.4. The van der Waals surface area contributed by atoms with Crippen molar-refractivity contribution < 1.29 is 9.47 Å². The molecule has 0 fully saturated rings. The van der Waals surface area contributed by atoms with Crippen LogP contribution < -0.4 is 20.1 Å². The van der Waals surface area contributed by atoms with Crippen molar-refractivity contribution in [1.29, 1.82) is 0 Å². The number of ether oxygens (including phenoxy) is 2. The molecule has 0 radical (unpaired) electrons. The van der Waals surface area contributed by atoms with Gasteiger partial charge in [-0.1, -0.05) is 35.9 Å². The number of methoxy groups -OCH3 is 2. The summed E-state index contributed by atoms with van der Waals surface area (Å²) in [4.78, 5) is 0. The van der Waals surface area contributed by atoms with Crippen LogP contribution in [0.5, 0.6) is 11.5 Å². The average molecular weight is 344 g/mol. The summed E-state index contributed by atoms with van der Waals surface area (Å²) < 4.78 is 10.6. The molecular weight excluding hydrogens is 320 g/mol. The van der Waals surface area contributed by atoms with E-state index < -0.39 is 0 Å². The Kier molecular flexibility index (Phi) is 6.88. The zero-order chi connectivity index (χ0) is 17.4. The SMILES string of the molecule is COc1ccc(CCNC(=S)NCc2ccc(C)cc2)cc1OC. The van der Waals surface area contributed by atoms with E-state index in [1.165, 1.54) is 16.7 Å². The summed E-state index contributed by atoms with van der Waals surface area (Å²) in [6.45, 7) is 3.56. The number of hydrogen-bond donors (Lipinski definition) is 2. The van der Waals surface area contributed by atoms with Gasteiger partial charge in [0.05, 0.1) is 14.2 Å². The Morgan fingerprint density at radius 1 is 0.917 bits per heavy atom. The Hall–Kier alpha value is -2.27. The summed E-state index contributed by atoms with van der Waals surface area (Å²) in [5.41, 5.74) is 3.64. The van der Waals surface area contributed by atoms with Crippen LogP contribution in [0.4, 0.5) is 0 Å². The quantitative estimate of drug-likeness (QED) is 0.755. The van der Waals surface area contributed by atoms with E-state index in [2.05, 4.69) is 41.8 Å². The summed E-state index contributed by atoms with van der Waals surface area (Å²) >= 11 is 5.32. The highest BCUT2D eigenvalue weighted by Gasteiger charge is 2.04. The molecule has 2 aromatic carbocycles. The van der Waals surface area contributed by atoms with Crippen molar-refractivity contribution in [2.45, 2.75) is 19.9 Å². The number of nitrogens with one attached hydrogen (secondary N) is 2. The topological polar surface area (TPSA) is 42.5 Å². The van der Waals surface area contributed by atoms with Crippen LogP contribution in [0.15, 0.2) is 42.5 Å². The first-order chi connectivity index (χ1) is 11.6. The molecule has 0 aromatic heterocycles. The minimum absolute atomic E-state index is 0.663. The number of hydrogen-bond acceptors (Lipinski definition) is 3. The van der Waals surface area contributed by atoms with Gasteiger partial charge in [0.1, 0.15) is 0 Å². The molecule has 0 spiro atoms. The fraction of sp³-hybridized carbons (Fsp3) is 0.316. The lowest BCUT2D eigenvalue weighted by atomic mass is 10.1. The van der Waals surface area contributed by atoms with Gasteiger partial charge < -0.3 is 20.1 Å². The molecule has 4 nitrogen and oxygen atoms in total. The van der Waals surface area contributed by atoms with Crippen molar-refractivity contribution in [3.63, 3.8) is 0 Å². The number of benzene rings is 2. The standard InChI is InChI=1S/C19H24N2O2S/c1-14-4-6-16(7-5-14)13-21-19(24)20-11-10-15-8-9-17(22-2)18(12-15)23-3/h4-9,12H,10-11,13H2,1-3H3,(H2,20,21,24). The summed E-state index contributed by atoms with van der Waals surface area (Å²) in [5.74, 6) is 1.49. The maximum atomic E-state index is 5.32.